The largest absolute Gasteiger partial charge is 0.347 e. The second-order valence-corrected chi connectivity index (χ2v) is 6.48. The summed E-state index contributed by atoms with van der Waals surface area (Å²) < 4.78 is 27.4. The average Bonchev–Trinajstić information content (AvgIpc) is 2.97. The molecule has 0 saturated heterocycles. The van der Waals surface area contributed by atoms with Gasteiger partial charge in [-0.15, -0.1) is 0 Å². The summed E-state index contributed by atoms with van der Waals surface area (Å²) in [5.41, 5.74) is 1.67. The highest BCUT2D eigenvalue weighted by molar-refractivity contribution is 7.89. The van der Waals surface area contributed by atoms with Crippen LogP contribution in [-0.4, -0.2) is 24.9 Å². The van der Waals surface area contributed by atoms with Crippen molar-refractivity contribution in [3.05, 3.63) is 47.5 Å². The third-order valence-electron chi connectivity index (χ3n) is 3.11. The Hall–Kier alpha value is -1.70. The number of rotatable bonds is 7. The van der Waals surface area contributed by atoms with Crippen LogP contribution in [0.1, 0.15) is 23.9 Å². The summed E-state index contributed by atoms with van der Waals surface area (Å²) in [6.07, 6.45) is 3.25. The molecule has 6 nitrogen and oxygen atoms in total. The monoisotopic (exact) mass is 308 g/mol. The number of imidazole rings is 1. The van der Waals surface area contributed by atoms with Gasteiger partial charge >= 0.3 is 0 Å². The van der Waals surface area contributed by atoms with Crippen LogP contribution in [0.2, 0.25) is 0 Å². The van der Waals surface area contributed by atoms with Crippen LogP contribution in [0.3, 0.4) is 0 Å². The molecule has 0 aliphatic rings. The standard InChI is InChI=1S/C14H20N4O2S/c1-3-15-9-12-5-4-11(2)13(8-12)21(19,20)18-10-14-16-6-7-17-14/h4-8,15,18H,3,9-10H2,1-2H3,(H,16,17). The molecule has 114 valence electrons. The van der Waals surface area contributed by atoms with Crippen LogP contribution in [0.25, 0.3) is 0 Å². The van der Waals surface area contributed by atoms with Gasteiger partial charge in [0.15, 0.2) is 0 Å². The molecule has 1 aromatic carbocycles. The van der Waals surface area contributed by atoms with Crippen LogP contribution < -0.4 is 10.0 Å². The van der Waals surface area contributed by atoms with E-state index in [-0.39, 0.29) is 6.54 Å². The Kier molecular flexibility index (Phi) is 5.11. The van der Waals surface area contributed by atoms with Crippen molar-refractivity contribution in [1.29, 1.82) is 0 Å². The molecule has 3 N–H and O–H groups in total. The van der Waals surface area contributed by atoms with Gasteiger partial charge in [-0.05, 0) is 30.7 Å². The highest BCUT2D eigenvalue weighted by atomic mass is 32.2. The van der Waals surface area contributed by atoms with Gasteiger partial charge in [-0.3, -0.25) is 0 Å². The topological polar surface area (TPSA) is 86.9 Å². The van der Waals surface area contributed by atoms with Gasteiger partial charge in [-0.2, -0.15) is 0 Å². The number of aryl methyl sites for hydroxylation is 1. The molecule has 2 rings (SSSR count). The zero-order valence-corrected chi connectivity index (χ0v) is 13.0. The molecule has 0 atom stereocenters. The molecule has 0 amide bonds. The summed E-state index contributed by atoms with van der Waals surface area (Å²) in [4.78, 5) is 7.18. The predicted octanol–water partition coefficient (Wildman–Crippen LogP) is 1.31. The summed E-state index contributed by atoms with van der Waals surface area (Å²) in [6, 6.07) is 5.47. The van der Waals surface area contributed by atoms with Crippen LogP contribution in [0.15, 0.2) is 35.5 Å². The Balaban J connectivity index is 2.17. The number of benzene rings is 1. The van der Waals surface area contributed by atoms with Crippen molar-refractivity contribution in [2.24, 2.45) is 0 Å². The molecule has 1 heterocycles. The number of sulfonamides is 1. The molecule has 0 bridgehead atoms. The molecular formula is C14H20N4O2S. The quantitative estimate of drug-likeness (QED) is 0.719. The van der Waals surface area contributed by atoms with E-state index in [1.165, 1.54) is 0 Å². The Morgan fingerprint density at radius 1 is 1.29 bits per heavy atom. The Morgan fingerprint density at radius 3 is 2.76 bits per heavy atom. The lowest BCUT2D eigenvalue weighted by Gasteiger charge is -2.11. The Labute approximate surface area is 125 Å². The Bertz CT molecular complexity index is 681. The Morgan fingerprint density at radius 2 is 2.10 bits per heavy atom. The number of H-pyrrole nitrogens is 1. The molecule has 0 aliphatic heterocycles. The number of aromatic amines is 1. The van der Waals surface area contributed by atoms with Crippen molar-refractivity contribution in [3.8, 4) is 0 Å². The van der Waals surface area contributed by atoms with Crippen LogP contribution in [0, 0.1) is 6.92 Å². The van der Waals surface area contributed by atoms with E-state index in [2.05, 4.69) is 20.0 Å². The van der Waals surface area contributed by atoms with Crippen molar-refractivity contribution in [1.82, 2.24) is 20.0 Å². The first-order valence-electron chi connectivity index (χ1n) is 6.81. The predicted molar refractivity (Wildman–Crippen MR) is 81.2 cm³/mol. The SMILES string of the molecule is CCNCc1ccc(C)c(S(=O)(=O)NCc2ncc[nH]2)c1. The lowest BCUT2D eigenvalue weighted by molar-refractivity contribution is 0.578. The van der Waals surface area contributed by atoms with E-state index < -0.39 is 10.0 Å². The number of hydrogen-bond acceptors (Lipinski definition) is 4. The minimum atomic E-state index is -3.55. The van der Waals surface area contributed by atoms with Gasteiger partial charge in [0.1, 0.15) is 5.82 Å². The van der Waals surface area contributed by atoms with Crippen molar-refractivity contribution in [3.63, 3.8) is 0 Å². The fraction of sp³-hybridized carbons (Fsp3) is 0.357. The maximum Gasteiger partial charge on any atom is 0.241 e. The lowest BCUT2D eigenvalue weighted by Crippen LogP contribution is -2.25. The third kappa shape index (κ3) is 4.13. The van der Waals surface area contributed by atoms with Gasteiger partial charge < -0.3 is 10.3 Å². The smallest absolute Gasteiger partial charge is 0.241 e. The first-order chi connectivity index (χ1) is 10.0. The maximum atomic E-state index is 12.4. The zero-order valence-electron chi connectivity index (χ0n) is 12.2. The fourth-order valence-electron chi connectivity index (χ4n) is 1.95. The first-order valence-corrected chi connectivity index (χ1v) is 8.29. The molecule has 0 spiro atoms. The van der Waals surface area contributed by atoms with Crippen LogP contribution in [0.4, 0.5) is 0 Å². The second-order valence-electron chi connectivity index (χ2n) is 4.74. The van der Waals surface area contributed by atoms with E-state index in [0.29, 0.717) is 17.3 Å². The van der Waals surface area contributed by atoms with E-state index in [1.807, 2.05) is 19.1 Å². The molecule has 7 heteroatoms. The molecule has 21 heavy (non-hydrogen) atoms. The highest BCUT2D eigenvalue weighted by Gasteiger charge is 2.17. The van der Waals surface area contributed by atoms with Gasteiger partial charge in [0, 0.05) is 18.9 Å². The van der Waals surface area contributed by atoms with Crippen LogP contribution in [0.5, 0.6) is 0 Å². The molecule has 0 saturated carbocycles. The maximum absolute atomic E-state index is 12.4. The molecule has 2 aromatic rings. The van der Waals surface area contributed by atoms with Gasteiger partial charge in [0.2, 0.25) is 10.0 Å². The van der Waals surface area contributed by atoms with Crippen molar-refractivity contribution in [2.45, 2.75) is 31.8 Å². The normalized spacial score (nSPS) is 11.7. The average molecular weight is 308 g/mol. The molecule has 0 unspecified atom stereocenters. The first kappa shape index (κ1) is 15.7. The minimum Gasteiger partial charge on any atom is -0.347 e. The summed E-state index contributed by atoms with van der Waals surface area (Å²) in [5.74, 6) is 0.583. The number of nitrogens with zero attached hydrogens (tertiary/aromatic N) is 1. The van der Waals surface area contributed by atoms with Crippen molar-refractivity contribution < 1.29 is 8.42 Å². The van der Waals surface area contributed by atoms with E-state index >= 15 is 0 Å². The summed E-state index contributed by atoms with van der Waals surface area (Å²) >= 11 is 0. The lowest BCUT2D eigenvalue weighted by atomic mass is 10.1. The van der Waals surface area contributed by atoms with Crippen molar-refractivity contribution in [2.75, 3.05) is 6.54 Å². The van der Waals surface area contributed by atoms with Crippen LogP contribution in [-0.2, 0) is 23.1 Å². The summed E-state index contributed by atoms with van der Waals surface area (Å²) in [7, 11) is -3.55. The van der Waals surface area contributed by atoms with E-state index in [9.17, 15) is 8.42 Å². The van der Waals surface area contributed by atoms with Gasteiger partial charge in [0.05, 0.1) is 11.4 Å². The summed E-state index contributed by atoms with van der Waals surface area (Å²) in [5, 5.41) is 3.19. The minimum absolute atomic E-state index is 0.145. The molecule has 1 aromatic heterocycles. The number of aromatic nitrogens is 2. The zero-order chi connectivity index (χ0) is 15.3. The third-order valence-corrected chi connectivity index (χ3v) is 4.65. The van der Waals surface area contributed by atoms with E-state index in [4.69, 9.17) is 0 Å². The number of hydrogen-bond donors (Lipinski definition) is 3. The van der Waals surface area contributed by atoms with Gasteiger partial charge in [-0.1, -0.05) is 19.1 Å². The molecule has 0 radical (unpaired) electrons. The van der Waals surface area contributed by atoms with Gasteiger partial charge in [-0.25, -0.2) is 18.1 Å². The summed E-state index contributed by atoms with van der Waals surface area (Å²) in [6.45, 7) is 5.44. The number of nitrogens with one attached hydrogen (secondary N) is 3. The van der Waals surface area contributed by atoms with Gasteiger partial charge in [0.25, 0.3) is 0 Å². The van der Waals surface area contributed by atoms with Crippen molar-refractivity contribution >= 4 is 10.0 Å². The molecule has 0 aliphatic carbocycles. The second kappa shape index (κ2) is 6.84. The van der Waals surface area contributed by atoms with E-state index in [0.717, 1.165) is 17.7 Å². The highest BCUT2D eigenvalue weighted by Crippen LogP contribution is 2.17. The fourth-order valence-corrected chi connectivity index (χ4v) is 3.23. The van der Waals surface area contributed by atoms with Crippen LogP contribution >= 0.6 is 0 Å². The van der Waals surface area contributed by atoms with E-state index in [1.54, 1.807) is 25.4 Å². The molecule has 0 fully saturated rings. The molecular weight excluding hydrogens is 288 g/mol.